The largest absolute Gasteiger partial charge is 0.490 e. The number of aryl methyl sites for hydroxylation is 1. The molecule has 4 rings (SSSR count). The van der Waals surface area contributed by atoms with Crippen molar-refractivity contribution in [2.75, 3.05) is 27.2 Å². The summed E-state index contributed by atoms with van der Waals surface area (Å²) in [6, 6.07) is 1.81. The third-order valence-corrected chi connectivity index (χ3v) is 8.95. The maximum absolute atomic E-state index is 12.7. The average Bonchev–Trinajstić information content (AvgIpc) is 3.46. The van der Waals surface area contributed by atoms with Crippen LogP contribution in [-0.4, -0.2) is 62.1 Å². The number of nitrogens with zero attached hydrogens (tertiary/aromatic N) is 2. The van der Waals surface area contributed by atoms with E-state index in [0.29, 0.717) is 33.7 Å². The lowest BCUT2D eigenvalue weighted by molar-refractivity contribution is 0.0959. The van der Waals surface area contributed by atoms with Crippen molar-refractivity contribution in [3.05, 3.63) is 33.9 Å². The Labute approximate surface area is 195 Å². The Morgan fingerprint density at radius 3 is 2.73 bits per heavy atom. The molecule has 0 radical (unpaired) electrons. The van der Waals surface area contributed by atoms with Gasteiger partial charge in [-0.05, 0) is 39.4 Å². The maximum atomic E-state index is 12.7. The molecule has 33 heavy (non-hydrogen) atoms. The number of aromatic nitrogens is 2. The summed E-state index contributed by atoms with van der Waals surface area (Å²) in [4.78, 5) is 30.6. The second-order valence-electron chi connectivity index (χ2n) is 8.32. The zero-order valence-electron chi connectivity index (χ0n) is 18.9. The second kappa shape index (κ2) is 8.60. The van der Waals surface area contributed by atoms with Crippen molar-refractivity contribution in [1.29, 1.82) is 0 Å². The monoisotopic (exact) mass is 493 g/mol. The zero-order chi connectivity index (χ0) is 24.1. The van der Waals surface area contributed by atoms with E-state index in [1.165, 1.54) is 11.6 Å². The molecule has 3 aromatic heterocycles. The number of primary sulfonamides is 1. The molecular weight excluding hydrogens is 466 g/mol. The van der Waals surface area contributed by atoms with Crippen molar-refractivity contribution in [2.24, 2.45) is 12.2 Å². The number of likely N-dealkylation sites (N-methyl/N-ethyl adjacent to an activating group) is 1. The van der Waals surface area contributed by atoms with Gasteiger partial charge < -0.3 is 24.5 Å². The van der Waals surface area contributed by atoms with Crippen LogP contribution in [0.1, 0.15) is 28.9 Å². The number of fused-ring (bicyclic) bond motifs is 1. The molecule has 178 valence electrons. The van der Waals surface area contributed by atoms with Crippen LogP contribution >= 0.6 is 11.3 Å². The molecule has 0 bridgehead atoms. The predicted octanol–water partition coefficient (Wildman–Crippen LogP) is 1.38. The normalized spacial score (nSPS) is 17.1. The zero-order valence-corrected chi connectivity index (χ0v) is 20.5. The van der Waals surface area contributed by atoms with Gasteiger partial charge in [-0.2, -0.15) is 0 Å². The molecule has 0 saturated carbocycles. The number of pyridine rings is 1. The van der Waals surface area contributed by atoms with Gasteiger partial charge >= 0.3 is 0 Å². The van der Waals surface area contributed by atoms with Crippen LogP contribution in [0.5, 0.6) is 5.75 Å². The van der Waals surface area contributed by atoms with Crippen molar-refractivity contribution >= 4 is 38.2 Å². The van der Waals surface area contributed by atoms with Crippen LogP contribution in [-0.2, 0) is 17.1 Å². The van der Waals surface area contributed by atoms with E-state index in [1.807, 2.05) is 7.05 Å². The van der Waals surface area contributed by atoms with Gasteiger partial charge in [0.05, 0.1) is 4.88 Å². The molecule has 0 aromatic carbocycles. The highest BCUT2D eigenvalue weighted by molar-refractivity contribution is 7.91. The average molecular weight is 494 g/mol. The Balaban J connectivity index is 1.92. The molecule has 3 aromatic rings. The minimum absolute atomic E-state index is 0.0105. The van der Waals surface area contributed by atoms with Crippen molar-refractivity contribution in [1.82, 2.24) is 19.8 Å². The number of nitrogens with two attached hydrogens (primary N) is 1. The predicted molar refractivity (Wildman–Crippen MR) is 128 cm³/mol. The fraction of sp³-hybridized carbons (Fsp3) is 0.429. The number of rotatable bonds is 6. The third kappa shape index (κ3) is 4.19. The quantitative estimate of drug-likeness (QED) is 0.474. The summed E-state index contributed by atoms with van der Waals surface area (Å²) >= 11 is 1.00. The summed E-state index contributed by atoms with van der Waals surface area (Å²) in [5.41, 5.74) is 1.18. The van der Waals surface area contributed by atoms with Crippen molar-refractivity contribution in [3.63, 3.8) is 0 Å². The fourth-order valence-corrected chi connectivity index (χ4v) is 6.48. The Morgan fingerprint density at radius 1 is 1.39 bits per heavy atom. The molecule has 1 saturated heterocycles. The standard InChI is InChI=1S/C21H27N5O5S2/c1-11-17(31-10-12-6-5-7-25(12)3)18(32-21(11)33(22,29)30)14-9-26(4)20(28)16-13(14)8-15(24-16)19(27)23-2/h8-9,12,24H,5-7,10H2,1-4H3,(H,23,27)(H2,22,29,30). The Bertz CT molecular complexity index is 1400. The molecule has 4 heterocycles. The number of thiophene rings is 1. The van der Waals surface area contributed by atoms with Gasteiger partial charge in [-0.25, -0.2) is 13.6 Å². The number of likely N-dealkylation sites (tertiary alicyclic amines) is 1. The van der Waals surface area contributed by atoms with Crippen LogP contribution in [0, 0.1) is 6.92 Å². The Hall–Kier alpha value is -2.67. The number of H-pyrrole nitrogens is 1. The van der Waals surface area contributed by atoms with E-state index in [0.717, 1.165) is 30.7 Å². The SMILES string of the molecule is CNC(=O)c1cc2c(-c3sc(S(N)(=O)=O)c(C)c3OCC3CCCN3C)cn(C)c(=O)c2[nH]1. The number of hydrogen-bond donors (Lipinski definition) is 3. The number of amides is 1. The van der Waals surface area contributed by atoms with Gasteiger partial charge in [-0.3, -0.25) is 9.59 Å². The minimum Gasteiger partial charge on any atom is -0.490 e. The number of nitrogens with one attached hydrogen (secondary N) is 2. The molecule has 1 amide bonds. The first-order valence-corrected chi connectivity index (χ1v) is 12.8. The van der Waals surface area contributed by atoms with Crippen molar-refractivity contribution < 1.29 is 17.9 Å². The number of hydrogen-bond acceptors (Lipinski definition) is 7. The summed E-state index contributed by atoms with van der Waals surface area (Å²) in [7, 11) is 1.15. The van der Waals surface area contributed by atoms with E-state index >= 15 is 0 Å². The summed E-state index contributed by atoms with van der Waals surface area (Å²) in [6.07, 6.45) is 3.70. The van der Waals surface area contributed by atoms with Gasteiger partial charge in [0.1, 0.15) is 27.8 Å². The lowest BCUT2D eigenvalue weighted by Crippen LogP contribution is -2.30. The molecule has 1 fully saturated rings. The van der Waals surface area contributed by atoms with E-state index in [2.05, 4.69) is 15.2 Å². The van der Waals surface area contributed by atoms with Crippen LogP contribution in [0.25, 0.3) is 21.3 Å². The lowest BCUT2D eigenvalue weighted by atomic mass is 10.1. The molecular formula is C21H27N5O5S2. The fourth-order valence-electron chi connectivity index (χ4n) is 4.24. The van der Waals surface area contributed by atoms with Crippen molar-refractivity contribution in [2.45, 2.75) is 30.0 Å². The summed E-state index contributed by atoms with van der Waals surface area (Å²) in [6.45, 7) is 3.05. The summed E-state index contributed by atoms with van der Waals surface area (Å²) < 4.78 is 32.2. The van der Waals surface area contributed by atoms with Crippen molar-refractivity contribution in [3.8, 4) is 16.2 Å². The van der Waals surface area contributed by atoms with Gasteiger partial charge in [0.15, 0.2) is 0 Å². The molecule has 1 aliphatic heterocycles. The molecule has 10 nitrogen and oxygen atoms in total. The number of aromatic amines is 1. The van der Waals surface area contributed by atoms with E-state index < -0.39 is 10.0 Å². The number of carbonyl (C=O) groups excluding carboxylic acids is 1. The molecule has 1 unspecified atom stereocenters. The van der Waals surface area contributed by atoms with Gasteiger partial charge in [-0.15, -0.1) is 11.3 Å². The number of ether oxygens (including phenoxy) is 1. The molecule has 1 atom stereocenters. The number of carbonyl (C=O) groups is 1. The van der Waals surface area contributed by atoms with E-state index in [-0.39, 0.29) is 32.9 Å². The maximum Gasteiger partial charge on any atom is 0.274 e. The highest BCUT2D eigenvalue weighted by Crippen LogP contribution is 2.46. The first-order chi connectivity index (χ1) is 15.5. The summed E-state index contributed by atoms with van der Waals surface area (Å²) in [5.74, 6) is 0.0551. The molecule has 12 heteroatoms. The van der Waals surface area contributed by atoms with E-state index in [1.54, 1.807) is 26.2 Å². The molecule has 4 N–H and O–H groups in total. The first kappa shape index (κ1) is 23.5. The van der Waals surface area contributed by atoms with Crippen LogP contribution < -0.4 is 20.8 Å². The Kier molecular flexibility index (Phi) is 6.12. The highest BCUT2D eigenvalue weighted by Gasteiger charge is 2.28. The highest BCUT2D eigenvalue weighted by atomic mass is 32.2. The first-order valence-electron chi connectivity index (χ1n) is 10.5. The minimum atomic E-state index is -3.99. The molecule has 0 aliphatic carbocycles. The molecule has 1 aliphatic rings. The molecule has 0 spiro atoms. The van der Waals surface area contributed by atoms with Gasteiger partial charge in [0, 0.05) is 42.8 Å². The second-order valence-corrected chi connectivity index (χ2v) is 11.1. The van der Waals surface area contributed by atoms with Gasteiger partial charge in [-0.1, -0.05) is 0 Å². The van der Waals surface area contributed by atoms with Gasteiger partial charge in [0.25, 0.3) is 11.5 Å². The van der Waals surface area contributed by atoms with E-state index in [9.17, 15) is 18.0 Å². The topological polar surface area (TPSA) is 140 Å². The van der Waals surface area contributed by atoms with Crippen LogP contribution in [0.4, 0.5) is 0 Å². The van der Waals surface area contributed by atoms with Crippen LogP contribution in [0.3, 0.4) is 0 Å². The lowest BCUT2D eigenvalue weighted by Gasteiger charge is -2.20. The van der Waals surface area contributed by atoms with Crippen LogP contribution in [0.2, 0.25) is 0 Å². The van der Waals surface area contributed by atoms with Gasteiger partial charge in [0.2, 0.25) is 10.0 Å². The third-order valence-electron chi connectivity index (χ3n) is 6.08. The smallest absolute Gasteiger partial charge is 0.274 e. The number of sulfonamides is 1. The van der Waals surface area contributed by atoms with E-state index in [4.69, 9.17) is 9.88 Å². The van der Waals surface area contributed by atoms with Crippen LogP contribution in [0.15, 0.2) is 21.3 Å². The summed E-state index contributed by atoms with van der Waals surface area (Å²) in [5, 5.41) is 8.53. The Morgan fingerprint density at radius 2 is 2.12 bits per heavy atom.